The van der Waals surface area contributed by atoms with E-state index in [0.717, 1.165) is 18.8 Å². The minimum atomic E-state index is 0.675. The number of hydroxylamine groups is 1. The lowest BCUT2D eigenvalue weighted by atomic mass is 10.0. The second kappa shape index (κ2) is 16.4. The Balaban J connectivity index is 2.02. The number of hydrogen-bond donors (Lipinski definition) is 1. The van der Waals surface area contributed by atoms with Gasteiger partial charge in [0.2, 0.25) is 0 Å². The number of nitrogens with one attached hydrogen (secondary N) is 1. The molecule has 0 atom stereocenters. The van der Waals surface area contributed by atoms with Gasteiger partial charge in [-0.15, -0.1) is 0 Å². The standard InChI is InChI=1S/C22H39NO2/c1-3-5-6-7-8-9-10-11-12-13-15-21-16-14-17-22(20-21)25-23-18-19-24-4-2/h14,16-17,20,23H,3-13,15,18-19H2,1-2H3. The second-order valence-corrected chi connectivity index (χ2v) is 6.77. The van der Waals surface area contributed by atoms with Gasteiger partial charge in [0.05, 0.1) is 13.2 Å². The van der Waals surface area contributed by atoms with Crippen LogP contribution in [0.25, 0.3) is 0 Å². The Hall–Kier alpha value is -1.06. The van der Waals surface area contributed by atoms with Crippen LogP contribution in [0, 0.1) is 0 Å². The molecule has 0 fully saturated rings. The summed E-state index contributed by atoms with van der Waals surface area (Å²) in [6, 6.07) is 8.41. The molecule has 0 spiro atoms. The fourth-order valence-electron chi connectivity index (χ4n) is 2.97. The zero-order valence-corrected chi connectivity index (χ0v) is 16.5. The van der Waals surface area contributed by atoms with Crippen molar-refractivity contribution in [3.63, 3.8) is 0 Å². The first kappa shape index (κ1) is 22.0. The Bertz CT molecular complexity index is 409. The van der Waals surface area contributed by atoms with E-state index in [0.29, 0.717) is 13.2 Å². The molecular formula is C22H39NO2. The SMILES string of the molecule is CCCCCCCCCCCCc1cccc(ONCCOCC)c1. The highest BCUT2D eigenvalue weighted by atomic mass is 16.6. The van der Waals surface area contributed by atoms with Gasteiger partial charge in [-0.25, -0.2) is 0 Å². The number of aryl methyl sites for hydroxylation is 1. The summed E-state index contributed by atoms with van der Waals surface area (Å²) < 4.78 is 5.27. The Morgan fingerprint density at radius 3 is 2.20 bits per heavy atom. The monoisotopic (exact) mass is 349 g/mol. The van der Waals surface area contributed by atoms with E-state index in [4.69, 9.17) is 9.57 Å². The van der Waals surface area contributed by atoms with Crippen LogP contribution in [-0.4, -0.2) is 19.8 Å². The van der Waals surface area contributed by atoms with Gasteiger partial charge in [0.1, 0.15) is 5.75 Å². The minimum Gasteiger partial charge on any atom is -0.409 e. The van der Waals surface area contributed by atoms with Crippen LogP contribution in [0.3, 0.4) is 0 Å². The molecule has 0 saturated carbocycles. The summed E-state index contributed by atoms with van der Waals surface area (Å²) in [6.07, 6.45) is 15.0. The van der Waals surface area contributed by atoms with Gasteiger partial charge in [0.25, 0.3) is 0 Å². The molecule has 0 heterocycles. The zero-order valence-electron chi connectivity index (χ0n) is 16.5. The first-order valence-corrected chi connectivity index (χ1v) is 10.4. The third kappa shape index (κ3) is 12.9. The summed E-state index contributed by atoms with van der Waals surface area (Å²) in [6.45, 7) is 6.40. The molecule has 144 valence electrons. The Kier molecular flexibility index (Phi) is 14.4. The van der Waals surface area contributed by atoms with Crippen LogP contribution in [0.15, 0.2) is 24.3 Å². The van der Waals surface area contributed by atoms with Crippen molar-refractivity contribution in [2.24, 2.45) is 0 Å². The van der Waals surface area contributed by atoms with Crippen LogP contribution in [0.1, 0.15) is 83.6 Å². The molecule has 1 rings (SSSR count). The summed E-state index contributed by atoms with van der Waals surface area (Å²) in [7, 11) is 0. The van der Waals surface area contributed by atoms with Gasteiger partial charge in [0.15, 0.2) is 0 Å². The Morgan fingerprint density at radius 2 is 1.52 bits per heavy atom. The summed E-state index contributed by atoms with van der Waals surface area (Å²) in [5.74, 6) is 0.890. The normalized spacial score (nSPS) is 11.0. The minimum absolute atomic E-state index is 0.675. The lowest BCUT2D eigenvalue weighted by molar-refractivity contribution is 0.110. The van der Waals surface area contributed by atoms with Gasteiger partial charge in [-0.3, -0.25) is 0 Å². The van der Waals surface area contributed by atoms with Crippen LogP contribution >= 0.6 is 0 Å². The van der Waals surface area contributed by atoms with E-state index in [-0.39, 0.29) is 0 Å². The van der Waals surface area contributed by atoms with Gasteiger partial charge in [-0.1, -0.05) is 76.8 Å². The van der Waals surface area contributed by atoms with Crippen LogP contribution in [-0.2, 0) is 11.2 Å². The number of unbranched alkanes of at least 4 members (excludes halogenated alkanes) is 9. The zero-order chi connectivity index (χ0) is 18.0. The molecule has 3 heteroatoms. The summed E-state index contributed by atoms with van der Waals surface area (Å²) in [5.41, 5.74) is 4.31. The van der Waals surface area contributed by atoms with Crippen LogP contribution in [0.5, 0.6) is 5.75 Å². The molecular weight excluding hydrogens is 310 g/mol. The van der Waals surface area contributed by atoms with E-state index in [2.05, 4.69) is 30.6 Å². The van der Waals surface area contributed by atoms with Gasteiger partial charge in [-0.05, 0) is 37.5 Å². The van der Waals surface area contributed by atoms with Crippen LogP contribution in [0.4, 0.5) is 0 Å². The van der Waals surface area contributed by atoms with Crippen molar-refractivity contribution in [1.29, 1.82) is 0 Å². The molecule has 0 aromatic heterocycles. The van der Waals surface area contributed by atoms with Gasteiger partial charge in [-0.2, -0.15) is 5.48 Å². The van der Waals surface area contributed by atoms with Gasteiger partial charge >= 0.3 is 0 Å². The van der Waals surface area contributed by atoms with E-state index in [1.807, 2.05) is 13.0 Å². The fourth-order valence-corrected chi connectivity index (χ4v) is 2.97. The average Bonchev–Trinajstić information content (AvgIpc) is 2.63. The quantitative estimate of drug-likeness (QED) is 0.273. The number of hydrogen-bond acceptors (Lipinski definition) is 3. The van der Waals surface area contributed by atoms with Crippen molar-refractivity contribution in [3.8, 4) is 5.75 Å². The topological polar surface area (TPSA) is 30.5 Å². The molecule has 0 unspecified atom stereocenters. The Morgan fingerprint density at radius 1 is 0.840 bits per heavy atom. The lowest BCUT2D eigenvalue weighted by Gasteiger charge is -2.09. The first-order valence-electron chi connectivity index (χ1n) is 10.4. The summed E-state index contributed by atoms with van der Waals surface area (Å²) >= 11 is 0. The molecule has 1 aromatic carbocycles. The molecule has 0 amide bonds. The maximum absolute atomic E-state index is 5.56. The molecule has 0 aliphatic rings. The largest absolute Gasteiger partial charge is 0.409 e. The van der Waals surface area contributed by atoms with Crippen molar-refractivity contribution >= 4 is 0 Å². The highest BCUT2D eigenvalue weighted by Crippen LogP contribution is 2.16. The molecule has 0 radical (unpaired) electrons. The molecule has 0 aliphatic carbocycles. The predicted octanol–water partition coefficient (Wildman–Crippen LogP) is 6.07. The molecule has 1 aromatic rings. The summed E-state index contributed by atoms with van der Waals surface area (Å²) in [4.78, 5) is 5.56. The van der Waals surface area contributed by atoms with Crippen LogP contribution < -0.4 is 10.3 Å². The molecule has 25 heavy (non-hydrogen) atoms. The van der Waals surface area contributed by atoms with Crippen LogP contribution in [0.2, 0.25) is 0 Å². The van der Waals surface area contributed by atoms with Crippen molar-refractivity contribution < 1.29 is 9.57 Å². The number of ether oxygens (including phenoxy) is 1. The van der Waals surface area contributed by atoms with Gasteiger partial charge < -0.3 is 9.57 Å². The average molecular weight is 350 g/mol. The summed E-state index contributed by atoms with van der Waals surface area (Å²) in [5, 5.41) is 0. The third-order valence-electron chi connectivity index (χ3n) is 4.46. The van der Waals surface area contributed by atoms with E-state index < -0.39 is 0 Å². The number of benzene rings is 1. The van der Waals surface area contributed by atoms with Gasteiger partial charge in [0, 0.05) is 6.61 Å². The third-order valence-corrected chi connectivity index (χ3v) is 4.46. The smallest absolute Gasteiger partial charge is 0.147 e. The van der Waals surface area contributed by atoms with Crippen molar-refractivity contribution in [3.05, 3.63) is 29.8 Å². The molecule has 3 nitrogen and oxygen atoms in total. The van der Waals surface area contributed by atoms with E-state index in [1.54, 1.807) is 0 Å². The lowest BCUT2D eigenvalue weighted by Crippen LogP contribution is -2.23. The molecule has 0 saturated heterocycles. The fraction of sp³-hybridized carbons (Fsp3) is 0.727. The van der Waals surface area contributed by atoms with Crippen molar-refractivity contribution in [1.82, 2.24) is 5.48 Å². The number of rotatable bonds is 17. The first-order chi connectivity index (χ1) is 12.4. The molecule has 1 N–H and O–H groups in total. The highest BCUT2D eigenvalue weighted by molar-refractivity contribution is 5.28. The second-order valence-electron chi connectivity index (χ2n) is 6.77. The molecule has 0 bridgehead atoms. The highest BCUT2D eigenvalue weighted by Gasteiger charge is 1.99. The Labute approximate surface area is 155 Å². The maximum atomic E-state index is 5.56. The van der Waals surface area contributed by atoms with E-state index >= 15 is 0 Å². The van der Waals surface area contributed by atoms with Crippen molar-refractivity contribution in [2.45, 2.75) is 84.5 Å². The molecule has 0 aliphatic heterocycles. The van der Waals surface area contributed by atoms with E-state index in [9.17, 15) is 0 Å². The van der Waals surface area contributed by atoms with Crippen molar-refractivity contribution in [2.75, 3.05) is 19.8 Å². The maximum Gasteiger partial charge on any atom is 0.147 e. The van der Waals surface area contributed by atoms with E-state index in [1.165, 1.54) is 69.8 Å². The predicted molar refractivity (Wildman–Crippen MR) is 107 cm³/mol.